The van der Waals surface area contributed by atoms with Crippen LogP contribution in [0.2, 0.25) is 0 Å². The van der Waals surface area contributed by atoms with Crippen LogP contribution in [0.5, 0.6) is 0 Å². The summed E-state index contributed by atoms with van der Waals surface area (Å²) in [6.45, 7) is 0. The summed E-state index contributed by atoms with van der Waals surface area (Å²) < 4.78 is 2.12. The van der Waals surface area contributed by atoms with Crippen LogP contribution in [0.1, 0.15) is 0 Å². The molecule has 0 saturated heterocycles. The Morgan fingerprint density at radius 2 is 0.857 bits per heavy atom. The number of hydrogen-bond donors (Lipinski definition) is 0. The van der Waals surface area contributed by atoms with E-state index in [-0.39, 0.29) is 10.9 Å². The maximum atomic E-state index is 14.7. The third-order valence-corrected chi connectivity index (χ3v) is 9.26. The van der Waals surface area contributed by atoms with Crippen molar-refractivity contribution in [3.05, 3.63) is 196 Å². The topological polar surface area (TPSA) is 45.0 Å². The number of benzene rings is 7. The van der Waals surface area contributed by atoms with E-state index in [9.17, 15) is 9.59 Å². The van der Waals surface area contributed by atoms with Crippen molar-refractivity contribution in [3.63, 3.8) is 0 Å². The molecule has 0 unspecified atom stereocenters. The average molecular weight is 632 g/mol. The minimum Gasteiger partial charge on any atom is -0.310 e. The van der Waals surface area contributed by atoms with Gasteiger partial charge in [-0.15, -0.1) is 0 Å². The molecule has 0 saturated carbocycles. The first-order chi connectivity index (χ1) is 24.2. The zero-order valence-electron chi connectivity index (χ0n) is 26.4. The highest BCUT2D eigenvalue weighted by Crippen LogP contribution is 2.40. The molecule has 0 aliphatic rings. The van der Waals surface area contributed by atoms with E-state index in [1.54, 1.807) is 0 Å². The Labute approximate surface area is 282 Å². The molecule has 0 atom stereocenters. The molecule has 0 aliphatic carbocycles. The van der Waals surface area contributed by atoms with Crippen molar-refractivity contribution < 1.29 is 0 Å². The van der Waals surface area contributed by atoms with E-state index in [2.05, 4.69) is 68.8 Å². The first-order valence-electron chi connectivity index (χ1n) is 16.3. The summed E-state index contributed by atoms with van der Waals surface area (Å²) in [5.74, 6) is 0. The molecular formula is C44H29N3O2. The second kappa shape index (κ2) is 11.5. The van der Waals surface area contributed by atoms with Crippen LogP contribution in [0.15, 0.2) is 186 Å². The summed E-state index contributed by atoms with van der Waals surface area (Å²) in [7, 11) is 0. The highest BCUT2D eigenvalue weighted by Gasteiger charge is 2.23. The fraction of sp³-hybridized carbons (Fsp3) is 0. The fourth-order valence-electron chi connectivity index (χ4n) is 7.15. The minimum atomic E-state index is -0.113. The van der Waals surface area contributed by atoms with Crippen molar-refractivity contribution in [1.82, 2.24) is 4.40 Å². The largest absolute Gasteiger partial charge is 0.310 e. The molecule has 0 spiro atoms. The van der Waals surface area contributed by atoms with E-state index in [4.69, 9.17) is 0 Å². The molecule has 0 N–H and O–H groups in total. The first kappa shape index (κ1) is 28.5. The number of rotatable bonds is 6. The van der Waals surface area contributed by atoms with Gasteiger partial charge in [0.25, 0.3) is 0 Å². The van der Waals surface area contributed by atoms with Crippen molar-refractivity contribution in [1.29, 1.82) is 0 Å². The van der Waals surface area contributed by atoms with Crippen molar-refractivity contribution in [3.8, 4) is 0 Å². The quantitative estimate of drug-likeness (QED) is 0.135. The zero-order valence-corrected chi connectivity index (χ0v) is 26.4. The predicted molar refractivity (Wildman–Crippen MR) is 203 cm³/mol. The van der Waals surface area contributed by atoms with Gasteiger partial charge in [0.05, 0.1) is 27.6 Å². The SMILES string of the molecule is O=c1c2ccc(N(c3ccccc3)c3ccccc3)cc2n2c3cccc(N(c4ccccc4)c4ccccc4)c3c(=O)c3cccc1c32. The lowest BCUT2D eigenvalue weighted by Gasteiger charge is -2.27. The lowest BCUT2D eigenvalue weighted by atomic mass is 10.0. The minimum absolute atomic E-state index is 0.0942. The van der Waals surface area contributed by atoms with Gasteiger partial charge in [-0.1, -0.05) is 84.9 Å². The number of pyridine rings is 2. The fourth-order valence-corrected chi connectivity index (χ4v) is 7.15. The summed E-state index contributed by atoms with van der Waals surface area (Å²) in [6.07, 6.45) is 0. The van der Waals surface area contributed by atoms with Crippen LogP contribution in [-0.2, 0) is 0 Å². The Hall–Kier alpha value is -6.72. The lowest BCUT2D eigenvalue weighted by Crippen LogP contribution is -2.18. The molecule has 0 radical (unpaired) electrons. The van der Waals surface area contributed by atoms with Crippen LogP contribution in [0, 0.1) is 0 Å². The predicted octanol–water partition coefficient (Wildman–Crippen LogP) is 10.5. The normalized spacial score (nSPS) is 11.4. The van der Waals surface area contributed by atoms with Crippen LogP contribution in [-0.4, -0.2) is 4.40 Å². The third-order valence-electron chi connectivity index (χ3n) is 9.26. The van der Waals surface area contributed by atoms with Gasteiger partial charge in [-0.25, -0.2) is 0 Å². The van der Waals surface area contributed by atoms with E-state index in [0.717, 1.165) is 45.2 Å². The third kappa shape index (κ3) is 4.55. The van der Waals surface area contributed by atoms with Crippen LogP contribution in [0.25, 0.3) is 38.1 Å². The highest BCUT2D eigenvalue weighted by atomic mass is 16.1. The zero-order chi connectivity index (χ0) is 32.9. The summed E-state index contributed by atoms with van der Waals surface area (Å²) >= 11 is 0. The molecule has 0 aliphatic heterocycles. The number of para-hydroxylation sites is 5. The summed E-state index contributed by atoms with van der Waals surface area (Å²) in [5.41, 5.74) is 7.41. The first-order valence-corrected chi connectivity index (χ1v) is 16.3. The van der Waals surface area contributed by atoms with Crippen molar-refractivity contribution in [2.75, 3.05) is 9.80 Å². The Morgan fingerprint density at radius 1 is 0.367 bits per heavy atom. The number of hydrogen-bond acceptors (Lipinski definition) is 4. The monoisotopic (exact) mass is 631 g/mol. The molecule has 2 heterocycles. The molecule has 0 fully saturated rings. The van der Waals surface area contributed by atoms with Gasteiger partial charge in [-0.3, -0.25) is 9.59 Å². The van der Waals surface area contributed by atoms with Gasteiger partial charge in [-0.05, 0) is 91.0 Å². The number of aromatic nitrogens is 1. The highest BCUT2D eigenvalue weighted by molar-refractivity contribution is 6.11. The Kier molecular flexibility index (Phi) is 6.69. The standard InChI is InChI=1S/C44H29N3O2/c48-43-35-28-27-34(45(30-15-5-1-6-16-30)31-17-7-2-8-18-31)29-40(35)47-39-26-14-25-38(41(39)44(49)37-24-13-23-36(43)42(37)47)46(32-19-9-3-10-20-32)33-21-11-4-12-22-33/h1-29H. The lowest BCUT2D eigenvalue weighted by molar-refractivity contribution is 1.26. The molecule has 0 amide bonds. The second-order valence-electron chi connectivity index (χ2n) is 12.1. The Balaban J connectivity index is 1.42. The average Bonchev–Trinajstić information content (AvgIpc) is 3.16. The van der Waals surface area contributed by atoms with E-state index < -0.39 is 0 Å². The van der Waals surface area contributed by atoms with Gasteiger partial charge in [0, 0.05) is 44.6 Å². The van der Waals surface area contributed by atoms with E-state index in [1.807, 2.05) is 121 Å². The van der Waals surface area contributed by atoms with Crippen molar-refractivity contribution in [2.45, 2.75) is 0 Å². The van der Waals surface area contributed by atoms with Gasteiger partial charge in [-0.2, -0.15) is 0 Å². The van der Waals surface area contributed by atoms with E-state index in [1.165, 1.54) is 0 Å². The molecule has 9 aromatic rings. The van der Waals surface area contributed by atoms with Crippen LogP contribution in [0.4, 0.5) is 34.1 Å². The van der Waals surface area contributed by atoms with Crippen molar-refractivity contribution >= 4 is 72.2 Å². The molecular weight excluding hydrogens is 603 g/mol. The molecule has 5 nitrogen and oxygen atoms in total. The molecule has 49 heavy (non-hydrogen) atoms. The van der Waals surface area contributed by atoms with Gasteiger partial charge in [0.1, 0.15) is 0 Å². The van der Waals surface area contributed by atoms with Crippen LogP contribution >= 0.6 is 0 Å². The molecule has 232 valence electrons. The number of fused-ring (bicyclic) bond motifs is 4. The van der Waals surface area contributed by atoms with E-state index >= 15 is 0 Å². The maximum absolute atomic E-state index is 14.7. The molecule has 5 heteroatoms. The Bertz CT molecular complexity index is 2660. The summed E-state index contributed by atoms with van der Waals surface area (Å²) in [4.78, 5) is 33.2. The van der Waals surface area contributed by atoms with Gasteiger partial charge in [0.2, 0.25) is 0 Å². The molecule has 7 aromatic carbocycles. The number of nitrogens with zero attached hydrogens (tertiary/aromatic N) is 3. The summed E-state index contributed by atoms with van der Waals surface area (Å²) in [6, 6.07) is 58.1. The van der Waals surface area contributed by atoms with Gasteiger partial charge >= 0.3 is 0 Å². The maximum Gasteiger partial charge on any atom is 0.199 e. The van der Waals surface area contributed by atoms with E-state index in [0.29, 0.717) is 27.1 Å². The van der Waals surface area contributed by atoms with Gasteiger partial charge < -0.3 is 14.2 Å². The van der Waals surface area contributed by atoms with Crippen LogP contribution < -0.4 is 20.7 Å². The van der Waals surface area contributed by atoms with Crippen molar-refractivity contribution in [2.24, 2.45) is 0 Å². The number of anilines is 6. The second-order valence-corrected chi connectivity index (χ2v) is 12.1. The van der Waals surface area contributed by atoms with Gasteiger partial charge in [0.15, 0.2) is 10.9 Å². The Morgan fingerprint density at radius 3 is 1.41 bits per heavy atom. The van der Waals surface area contributed by atoms with Crippen LogP contribution in [0.3, 0.4) is 0 Å². The summed E-state index contributed by atoms with van der Waals surface area (Å²) in [5, 5.41) is 2.19. The smallest absolute Gasteiger partial charge is 0.199 e. The molecule has 9 rings (SSSR count). The molecule has 0 bridgehead atoms. The molecule has 2 aromatic heterocycles.